The van der Waals surface area contributed by atoms with Crippen LogP contribution in [-0.2, 0) is 26.2 Å². The first-order valence-corrected chi connectivity index (χ1v) is 19.4. The number of carboxylic acid groups (broad SMARTS) is 1. The number of carbonyl (C=O) groups is 3. The molecule has 1 aliphatic rings. The predicted molar refractivity (Wildman–Crippen MR) is 212 cm³/mol. The van der Waals surface area contributed by atoms with E-state index in [9.17, 15) is 19.5 Å². The number of ether oxygens (including phenoxy) is 2. The van der Waals surface area contributed by atoms with Crippen molar-refractivity contribution in [2.75, 3.05) is 19.8 Å². The number of hydrogen-bond acceptors (Lipinski definition) is 7. The van der Waals surface area contributed by atoms with E-state index in [0.29, 0.717) is 37.4 Å². The molecule has 4 aromatic rings. The Morgan fingerprint density at radius 1 is 0.833 bits per heavy atom. The maximum Gasteiger partial charge on any atom is 0.326 e. The average Bonchev–Trinajstić information content (AvgIpc) is 3.18. The summed E-state index contributed by atoms with van der Waals surface area (Å²) in [6.45, 7) is 10.2. The zero-order valence-corrected chi connectivity index (χ0v) is 32.2. The minimum Gasteiger partial charge on any atom is -0.494 e. The highest BCUT2D eigenvalue weighted by molar-refractivity contribution is 5.99. The van der Waals surface area contributed by atoms with Gasteiger partial charge in [0.2, 0.25) is 5.91 Å². The van der Waals surface area contributed by atoms with Gasteiger partial charge in [0.1, 0.15) is 11.8 Å². The maximum absolute atomic E-state index is 13.8. The van der Waals surface area contributed by atoms with Gasteiger partial charge in [0.05, 0.1) is 6.61 Å². The molecule has 1 unspecified atom stereocenters. The molecule has 0 spiro atoms. The summed E-state index contributed by atoms with van der Waals surface area (Å²) in [4.78, 5) is 48.9. The number of amides is 1. The van der Waals surface area contributed by atoms with Crippen molar-refractivity contribution in [3.8, 4) is 28.3 Å². The SMILES string of the molecule is CCCCCCCOc1ccc(-c2cnc(-c3ccc(C[C@H](CC(=O)c4ccc(C(C)(C)C)cc4)C(=O)NC(C(=O)O)C4CCOCC4)cc3)nc2)cc1. The van der Waals surface area contributed by atoms with Crippen molar-refractivity contribution in [1.29, 1.82) is 0 Å². The third-order valence-corrected chi connectivity index (χ3v) is 10.2. The molecule has 1 aliphatic heterocycles. The fraction of sp³-hybridized carbons (Fsp3) is 0.444. The summed E-state index contributed by atoms with van der Waals surface area (Å²) in [5.41, 5.74) is 5.12. The molecule has 9 heteroatoms. The normalized spacial score (nSPS) is 14.6. The standard InChI is InChI=1S/C45H55N3O6/c1-5-6-7-8-9-24-54-39-20-16-32(17-21-39)37-29-46-42(47-30-37)35-12-10-31(11-13-35)27-36(28-40(49)33-14-18-38(19-15-33)45(2,3)4)43(50)48-41(44(51)52)34-22-25-53-26-23-34/h10-21,29-30,34,36,41H,5-9,22-28H2,1-4H3,(H,48,50)(H,51,52)/t36-,41?/m1/s1. The number of nitrogens with one attached hydrogen (secondary N) is 1. The molecule has 0 radical (unpaired) electrons. The average molecular weight is 734 g/mol. The van der Waals surface area contributed by atoms with Crippen molar-refractivity contribution >= 4 is 17.7 Å². The quantitative estimate of drug-likeness (QED) is 0.0767. The highest BCUT2D eigenvalue weighted by Crippen LogP contribution is 2.27. The number of aromatic nitrogens is 2. The van der Waals surface area contributed by atoms with Crippen LogP contribution in [0.25, 0.3) is 22.5 Å². The molecule has 0 aliphatic carbocycles. The monoisotopic (exact) mass is 733 g/mol. The number of ketones is 1. The van der Waals surface area contributed by atoms with Crippen molar-refractivity contribution in [1.82, 2.24) is 15.3 Å². The van der Waals surface area contributed by atoms with Crippen molar-refractivity contribution in [2.45, 2.75) is 96.9 Å². The second-order valence-electron chi connectivity index (χ2n) is 15.4. The van der Waals surface area contributed by atoms with Gasteiger partial charge in [0.15, 0.2) is 11.6 Å². The summed E-state index contributed by atoms with van der Waals surface area (Å²) in [6, 6.07) is 22.1. The zero-order valence-electron chi connectivity index (χ0n) is 32.2. The molecule has 2 heterocycles. The molecule has 2 N–H and O–H groups in total. The van der Waals surface area contributed by atoms with Crippen LogP contribution < -0.4 is 10.1 Å². The van der Waals surface area contributed by atoms with Crippen LogP contribution in [0.3, 0.4) is 0 Å². The summed E-state index contributed by atoms with van der Waals surface area (Å²) in [5.74, 6) is -1.29. The first-order valence-electron chi connectivity index (χ1n) is 19.4. The lowest BCUT2D eigenvalue weighted by Gasteiger charge is -2.29. The van der Waals surface area contributed by atoms with Crippen LogP contribution in [0.15, 0.2) is 85.2 Å². The number of benzene rings is 3. The minimum absolute atomic E-state index is 0.0563. The number of rotatable bonds is 18. The minimum atomic E-state index is -1.08. The van der Waals surface area contributed by atoms with Gasteiger partial charge in [-0.3, -0.25) is 9.59 Å². The van der Waals surface area contributed by atoms with Crippen molar-refractivity contribution in [2.24, 2.45) is 11.8 Å². The molecule has 9 nitrogen and oxygen atoms in total. The molecular formula is C45H55N3O6. The first kappa shape index (κ1) is 40.3. The van der Waals surface area contributed by atoms with E-state index in [1.165, 1.54) is 25.7 Å². The van der Waals surface area contributed by atoms with Crippen molar-refractivity contribution < 1.29 is 29.0 Å². The molecule has 286 valence electrons. The topological polar surface area (TPSA) is 128 Å². The van der Waals surface area contributed by atoms with Crippen LogP contribution in [0.4, 0.5) is 0 Å². The Bertz CT molecular complexity index is 1790. The Kier molecular flexibility index (Phi) is 14.5. The molecule has 1 fully saturated rings. The van der Waals surface area contributed by atoms with Gasteiger partial charge >= 0.3 is 5.97 Å². The van der Waals surface area contributed by atoms with E-state index in [-0.39, 0.29) is 30.0 Å². The number of carboxylic acids is 1. The largest absolute Gasteiger partial charge is 0.494 e. The molecule has 1 aromatic heterocycles. The van der Waals surface area contributed by atoms with Crippen molar-refractivity contribution in [3.05, 3.63) is 102 Å². The summed E-state index contributed by atoms with van der Waals surface area (Å²) in [6.07, 6.45) is 10.9. The Hall–Kier alpha value is -4.89. The lowest BCUT2D eigenvalue weighted by molar-refractivity contribution is -0.145. The van der Waals surface area contributed by atoms with Crippen LogP contribution in [-0.4, -0.2) is 58.6 Å². The molecule has 54 heavy (non-hydrogen) atoms. The summed E-state index contributed by atoms with van der Waals surface area (Å²) in [5, 5.41) is 12.8. The van der Waals surface area contributed by atoms with E-state index >= 15 is 0 Å². The Labute approximate surface area is 319 Å². The van der Waals surface area contributed by atoms with Gasteiger partial charge in [-0.05, 0) is 65.8 Å². The zero-order chi connectivity index (χ0) is 38.5. The highest BCUT2D eigenvalue weighted by atomic mass is 16.5. The molecule has 2 atom stereocenters. The van der Waals surface area contributed by atoms with E-state index in [0.717, 1.165) is 46.6 Å². The molecule has 0 bridgehead atoms. The Morgan fingerprint density at radius 3 is 2.07 bits per heavy atom. The van der Waals surface area contributed by atoms with E-state index in [4.69, 9.17) is 9.47 Å². The number of Topliss-reactive ketones (excluding diaryl/α,β-unsaturated/α-hetero) is 1. The van der Waals surface area contributed by atoms with Gasteiger partial charge in [-0.2, -0.15) is 0 Å². The molecule has 1 saturated heterocycles. The van der Waals surface area contributed by atoms with Crippen LogP contribution in [0.2, 0.25) is 0 Å². The number of aliphatic carboxylic acids is 1. The highest BCUT2D eigenvalue weighted by Gasteiger charge is 2.34. The lowest BCUT2D eigenvalue weighted by Crippen LogP contribution is -2.49. The summed E-state index contributed by atoms with van der Waals surface area (Å²) >= 11 is 0. The second-order valence-corrected chi connectivity index (χ2v) is 15.4. The number of unbranched alkanes of at least 4 members (excludes halogenated alkanes) is 4. The number of nitrogens with zero attached hydrogens (tertiary/aromatic N) is 2. The van der Waals surface area contributed by atoms with Gasteiger partial charge in [-0.1, -0.05) is 114 Å². The smallest absolute Gasteiger partial charge is 0.326 e. The van der Waals surface area contributed by atoms with Gasteiger partial charge < -0.3 is 19.9 Å². The van der Waals surface area contributed by atoms with Gasteiger partial charge in [0.25, 0.3) is 0 Å². The number of carbonyl (C=O) groups excluding carboxylic acids is 2. The van der Waals surface area contributed by atoms with Crippen LogP contribution in [0.1, 0.15) is 101 Å². The van der Waals surface area contributed by atoms with Gasteiger partial charge in [-0.15, -0.1) is 0 Å². The predicted octanol–water partition coefficient (Wildman–Crippen LogP) is 8.89. The summed E-state index contributed by atoms with van der Waals surface area (Å²) < 4.78 is 11.3. The molecule has 1 amide bonds. The Morgan fingerprint density at radius 2 is 1.46 bits per heavy atom. The van der Waals surface area contributed by atoms with Crippen LogP contribution in [0.5, 0.6) is 5.75 Å². The third-order valence-electron chi connectivity index (χ3n) is 10.2. The van der Waals surface area contributed by atoms with E-state index < -0.39 is 23.8 Å². The van der Waals surface area contributed by atoms with E-state index in [1.54, 1.807) is 24.5 Å². The lowest BCUT2D eigenvalue weighted by atomic mass is 9.85. The molecule has 3 aromatic carbocycles. The fourth-order valence-electron chi connectivity index (χ4n) is 6.80. The van der Waals surface area contributed by atoms with E-state index in [2.05, 4.69) is 43.0 Å². The summed E-state index contributed by atoms with van der Waals surface area (Å²) in [7, 11) is 0. The van der Waals surface area contributed by atoms with Crippen LogP contribution in [0, 0.1) is 11.8 Å². The van der Waals surface area contributed by atoms with Crippen molar-refractivity contribution in [3.63, 3.8) is 0 Å². The van der Waals surface area contributed by atoms with Gasteiger partial charge in [0, 0.05) is 54.6 Å². The van der Waals surface area contributed by atoms with Gasteiger partial charge in [-0.25, -0.2) is 14.8 Å². The maximum atomic E-state index is 13.8. The number of hydrogen-bond donors (Lipinski definition) is 2. The molecular weight excluding hydrogens is 679 g/mol. The Balaban J connectivity index is 1.25. The fourth-order valence-corrected chi connectivity index (χ4v) is 6.80. The second kappa shape index (κ2) is 19.4. The molecule has 5 rings (SSSR count). The van der Waals surface area contributed by atoms with Crippen LogP contribution >= 0.6 is 0 Å². The third kappa shape index (κ3) is 11.6. The van der Waals surface area contributed by atoms with E-state index in [1.807, 2.05) is 60.7 Å². The molecule has 0 saturated carbocycles. The first-order chi connectivity index (χ1) is 26.0.